The highest BCUT2D eigenvalue weighted by Gasteiger charge is 2.33. The quantitative estimate of drug-likeness (QED) is 0.392. The van der Waals surface area contributed by atoms with Crippen LogP contribution in [0.15, 0.2) is 40.9 Å². The van der Waals surface area contributed by atoms with Crippen molar-refractivity contribution < 1.29 is 18.0 Å². The van der Waals surface area contributed by atoms with Crippen LogP contribution in [0.2, 0.25) is 5.02 Å². The Morgan fingerprint density at radius 1 is 1.24 bits per heavy atom. The van der Waals surface area contributed by atoms with E-state index in [2.05, 4.69) is 31.5 Å². The number of benzene rings is 2. The normalized spacial score (nSPS) is 16.5. The van der Waals surface area contributed by atoms with Crippen LogP contribution in [0.25, 0.3) is 10.9 Å². The van der Waals surface area contributed by atoms with Gasteiger partial charge in [0.25, 0.3) is 0 Å². The van der Waals surface area contributed by atoms with Crippen LogP contribution in [-0.2, 0) is 19.0 Å². The van der Waals surface area contributed by atoms with Crippen molar-refractivity contribution in [1.82, 2.24) is 10.3 Å². The highest BCUT2D eigenvalue weighted by atomic mass is 79.9. The second-order valence-electron chi connectivity index (χ2n) is 6.98. The average Bonchev–Trinajstić information content (AvgIpc) is 3.01. The molecule has 3 aromatic rings. The minimum atomic E-state index is -4.59. The van der Waals surface area contributed by atoms with Crippen molar-refractivity contribution in [1.29, 1.82) is 0 Å². The molecule has 29 heavy (non-hydrogen) atoms. The van der Waals surface area contributed by atoms with E-state index in [1.54, 1.807) is 0 Å². The van der Waals surface area contributed by atoms with Crippen molar-refractivity contribution in [2.24, 2.45) is 0 Å². The Balaban J connectivity index is 1.47. The number of aromatic nitrogens is 1. The number of aryl methyl sites for hydroxylation is 1. The molecule has 1 aromatic heterocycles. The van der Waals surface area contributed by atoms with Crippen molar-refractivity contribution in [3.63, 3.8) is 0 Å². The molecule has 0 spiro atoms. The van der Waals surface area contributed by atoms with Gasteiger partial charge in [-0.25, -0.2) is 4.79 Å². The zero-order valence-corrected chi connectivity index (χ0v) is 17.3. The Bertz CT molecular complexity index is 1100. The Hall–Kier alpha value is -2.19. The summed E-state index contributed by atoms with van der Waals surface area (Å²) in [7, 11) is 0. The molecule has 0 bridgehead atoms. The average molecular weight is 487 g/mol. The third-order valence-electron chi connectivity index (χ3n) is 5.02. The molecule has 0 saturated carbocycles. The first-order valence-corrected chi connectivity index (χ1v) is 10.1. The van der Waals surface area contributed by atoms with E-state index in [1.807, 2.05) is 18.2 Å². The number of rotatable bonds is 2. The molecule has 1 aliphatic rings. The molecule has 4 rings (SSSR count). The first kappa shape index (κ1) is 20.1. The lowest BCUT2D eigenvalue weighted by Gasteiger charge is -2.24. The number of fused-ring (bicyclic) bond motifs is 3. The summed E-state index contributed by atoms with van der Waals surface area (Å²) in [6.45, 7) is 0. The van der Waals surface area contributed by atoms with Gasteiger partial charge in [-0.15, -0.1) is 0 Å². The van der Waals surface area contributed by atoms with Crippen molar-refractivity contribution in [3.05, 3.63) is 62.7 Å². The minimum Gasteiger partial charge on any atom is -0.358 e. The molecular weight excluding hydrogens is 471 g/mol. The second-order valence-corrected chi connectivity index (χ2v) is 8.24. The van der Waals surface area contributed by atoms with E-state index in [0.29, 0.717) is 6.42 Å². The maximum absolute atomic E-state index is 13.0. The number of nitrogens with one attached hydrogen (secondary N) is 3. The number of carbonyl (C=O) groups is 1. The number of amides is 2. The van der Waals surface area contributed by atoms with Gasteiger partial charge in [-0.1, -0.05) is 33.6 Å². The number of halogens is 5. The topological polar surface area (TPSA) is 56.9 Å². The molecular formula is C20H16BrClF3N3O. The Morgan fingerprint density at radius 2 is 2.03 bits per heavy atom. The third kappa shape index (κ3) is 4.09. The summed E-state index contributed by atoms with van der Waals surface area (Å²) in [5.41, 5.74) is 2.39. The molecule has 4 nitrogen and oxygen atoms in total. The molecule has 1 atom stereocenters. The maximum atomic E-state index is 13.0. The van der Waals surface area contributed by atoms with E-state index in [1.165, 1.54) is 6.07 Å². The van der Waals surface area contributed by atoms with Gasteiger partial charge in [0.2, 0.25) is 0 Å². The lowest BCUT2D eigenvalue weighted by atomic mass is 9.91. The lowest BCUT2D eigenvalue weighted by Crippen LogP contribution is -2.41. The lowest BCUT2D eigenvalue weighted by molar-refractivity contribution is -0.137. The fourth-order valence-electron chi connectivity index (χ4n) is 3.73. The number of urea groups is 1. The monoisotopic (exact) mass is 485 g/mol. The summed E-state index contributed by atoms with van der Waals surface area (Å²) in [5.74, 6) is 0. The first-order valence-electron chi connectivity index (χ1n) is 8.94. The van der Waals surface area contributed by atoms with Crippen LogP contribution >= 0.6 is 27.5 Å². The molecule has 3 N–H and O–H groups in total. The summed E-state index contributed by atoms with van der Waals surface area (Å²) in [5, 5.41) is 6.02. The van der Waals surface area contributed by atoms with Crippen LogP contribution in [0.4, 0.5) is 23.7 Å². The molecule has 9 heteroatoms. The van der Waals surface area contributed by atoms with E-state index < -0.39 is 22.8 Å². The van der Waals surface area contributed by atoms with Crippen molar-refractivity contribution >= 4 is 50.2 Å². The zero-order valence-electron chi connectivity index (χ0n) is 15.0. The van der Waals surface area contributed by atoms with Crippen LogP contribution < -0.4 is 10.6 Å². The smallest absolute Gasteiger partial charge is 0.358 e. The molecule has 1 heterocycles. The number of aromatic amines is 1. The summed E-state index contributed by atoms with van der Waals surface area (Å²) in [6, 6.07) is 8.56. The van der Waals surface area contributed by atoms with Crippen molar-refractivity contribution in [2.45, 2.75) is 31.5 Å². The summed E-state index contributed by atoms with van der Waals surface area (Å²) < 4.78 is 40.0. The number of hydrogen-bond donors (Lipinski definition) is 3. The largest absolute Gasteiger partial charge is 0.417 e. The van der Waals surface area contributed by atoms with Gasteiger partial charge < -0.3 is 15.6 Å². The van der Waals surface area contributed by atoms with E-state index in [-0.39, 0.29) is 11.7 Å². The van der Waals surface area contributed by atoms with Crippen LogP contribution in [-0.4, -0.2) is 17.1 Å². The van der Waals surface area contributed by atoms with Gasteiger partial charge in [-0.05, 0) is 55.2 Å². The molecule has 152 valence electrons. The molecule has 2 amide bonds. The van der Waals surface area contributed by atoms with Crippen LogP contribution in [0.5, 0.6) is 0 Å². The van der Waals surface area contributed by atoms with Crippen LogP contribution in [0.3, 0.4) is 0 Å². The predicted octanol–water partition coefficient (Wildman–Crippen LogP) is 6.28. The number of H-pyrrole nitrogens is 1. The van der Waals surface area contributed by atoms with Crippen LogP contribution in [0.1, 0.15) is 23.2 Å². The number of carbonyl (C=O) groups excluding carboxylic acids is 1. The van der Waals surface area contributed by atoms with Crippen molar-refractivity contribution in [2.75, 3.05) is 5.32 Å². The van der Waals surface area contributed by atoms with Crippen LogP contribution in [0, 0.1) is 0 Å². The highest BCUT2D eigenvalue weighted by Crippen LogP contribution is 2.36. The maximum Gasteiger partial charge on any atom is 0.417 e. The molecule has 0 saturated heterocycles. The summed E-state index contributed by atoms with van der Waals surface area (Å²) in [4.78, 5) is 15.8. The molecule has 0 fully saturated rings. The Labute approximate surface area is 177 Å². The molecule has 1 unspecified atom stereocenters. The SMILES string of the molecule is O=C(Nc1ccc(Cl)c(C(F)(F)F)c1)NC1CCc2[nH]c3cccc(Br)c3c2C1. The summed E-state index contributed by atoms with van der Waals surface area (Å²) >= 11 is 9.19. The second kappa shape index (κ2) is 7.57. The Kier molecular flexibility index (Phi) is 5.25. The molecule has 0 radical (unpaired) electrons. The third-order valence-corrected chi connectivity index (χ3v) is 6.01. The number of alkyl halides is 3. The molecule has 1 aliphatic carbocycles. The predicted molar refractivity (Wildman–Crippen MR) is 110 cm³/mol. The van der Waals surface area contributed by atoms with Gasteiger partial charge in [-0.2, -0.15) is 13.2 Å². The number of anilines is 1. The van der Waals surface area contributed by atoms with Gasteiger partial charge in [0, 0.05) is 32.8 Å². The van der Waals surface area contributed by atoms with Gasteiger partial charge in [0.15, 0.2) is 0 Å². The van der Waals surface area contributed by atoms with Gasteiger partial charge in [0.1, 0.15) is 0 Å². The molecule has 0 aliphatic heterocycles. The number of hydrogen-bond acceptors (Lipinski definition) is 1. The zero-order chi connectivity index (χ0) is 20.8. The standard InChI is InChI=1S/C20H16BrClF3N3O/c21-14-2-1-3-17-18(14)12-8-10(5-7-16(12)28-17)26-19(29)27-11-4-6-15(22)13(9-11)20(23,24)25/h1-4,6,9-10,28H,5,7-8H2,(H2,26,27,29). The van der Waals surface area contributed by atoms with E-state index >= 15 is 0 Å². The Morgan fingerprint density at radius 3 is 2.79 bits per heavy atom. The first-order chi connectivity index (χ1) is 13.7. The van der Waals surface area contributed by atoms with E-state index in [9.17, 15) is 18.0 Å². The van der Waals surface area contributed by atoms with Gasteiger partial charge in [-0.3, -0.25) is 0 Å². The summed E-state index contributed by atoms with van der Waals surface area (Å²) in [6.07, 6.45) is -2.44. The fourth-order valence-corrected chi connectivity index (χ4v) is 4.56. The van der Waals surface area contributed by atoms with E-state index in [0.717, 1.165) is 51.6 Å². The fraction of sp³-hybridized carbons (Fsp3) is 0.250. The molecule has 2 aromatic carbocycles. The highest BCUT2D eigenvalue weighted by molar-refractivity contribution is 9.10. The van der Waals surface area contributed by atoms with E-state index in [4.69, 9.17) is 11.6 Å². The minimum absolute atomic E-state index is 0.0329. The van der Waals surface area contributed by atoms with Gasteiger partial charge in [0.05, 0.1) is 10.6 Å². The van der Waals surface area contributed by atoms with Crippen molar-refractivity contribution in [3.8, 4) is 0 Å². The van der Waals surface area contributed by atoms with Gasteiger partial charge >= 0.3 is 12.2 Å².